The van der Waals surface area contributed by atoms with Crippen LogP contribution in [0, 0.1) is 6.92 Å². The Morgan fingerprint density at radius 1 is 1.08 bits per heavy atom. The number of aromatic hydroxyl groups is 1. The summed E-state index contributed by atoms with van der Waals surface area (Å²) in [5.74, 6) is 0.0320. The van der Waals surface area contributed by atoms with Gasteiger partial charge in [-0.3, -0.25) is 9.89 Å². The largest absolute Gasteiger partial charge is 0.508 e. The number of benzene rings is 2. The number of phenols is 1. The number of carbonyl (C=O) groups excluding carboxylic acids is 1. The lowest BCUT2D eigenvalue weighted by Crippen LogP contribution is -2.46. The van der Waals surface area contributed by atoms with Crippen LogP contribution in [0.15, 0.2) is 53.4 Å². The van der Waals surface area contributed by atoms with E-state index < -0.39 is 9.84 Å². The third kappa shape index (κ3) is 4.98. The van der Waals surface area contributed by atoms with Crippen LogP contribution in [0.1, 0.15) is 27.2 Å². The molecule has 37 heavy (non-hydrogen) atoms. The van der Waals surface area contributed by atoms with Gasteiger partial charge in [0.05, 0.1) is 27.2 Å². The molecule has 4 aromatic rings. The Balaban J connectivity index is 1.62. The fourth-order valence-electron chi connectivity index (χ4n) is 4.54. The highest BCUT2D eigenvalue weighted by molar-refractivity contribution is 7.90. The number of rotatable bonds is 5. The van der Waals surface area contributed by atoms with Gasteiger partial charge in [0.1, 0.15) is 5.75 Å². The first-order chi connectivity index (χ1) is 17.7. The maximum atomic E-state index is 13.7. The van der Waals surface area contributed by atoms with Gasteiger partial charge in [-0.25, -0.2) is 13.4 Å². The summed E-state index contributed by atoms with van der Waals surface area (Å²) in [6.45, 7) is 4.40. The monoisotopic (exact) mass is 517 g/mol. The highest BCUT2D eigenvalue weighted by atomic mass is 32.2. The topological polar surface area (TPSA) is 128 Å². The molecule has 1 saturated heterocycles. The summed E-state index contributed by atoms with van der Waals surface area (Å²) in [6.07, 6.45) is 4.79. The first kappa shape index (κ1) is 24.7. The Hall–Kier alpha value is -4.02. The van der Waals surface area contributed by atoms with E-state index in [4.69, 9.17) is 0 Å². The number of piperazine rings is 1. The highest BCUT2D eigenvalue weighted by Gasteiger charge is 2.24. The molecule has 0 atom stereocenters. The van der Waals surface area contributed by atoms with Gasteiger partial charge in [0.25, 0.3) is 5.91 Å². The van der Waals surface area contributed by atoms with E-state index in [1.54, 1.807) is 55.5 Å². The van der Waals surface area contributed by atoms with Crippen molar-refractivity contribution >= 4 is 38.9 Å². The maximum absolute atomic E-state index is 13.7. The summed E-state index contributed by atoms with van der Waals surface area (Å²) in [6, 6.07) is 13.5. The molecule has 1 aliphatic rings. The lowest BCUT2D eigenvalue weighted by atomic mass is 10.0. The minimum Gasteiger partial charge on any atom is -0.508 e. The summed E-state index contributed by atoms with van der Waals surface area (Å²) in [7, 11) is -3.36. The zero-order valence-corrected chi connectivity index (χ0v) is 21.3. The number of sulfone groups is 1. The van der Waals surface area contributed by atoms with Crippen molar-refractivity contribution in [2.45, 2.75) is 11.8 Å². The minimum atomic E-state index is -3.36. The first-order valence-corrected chi connectivity index (χ1v) is 13.8. The van der Waals surface area contributed by atoms with Crippen LogP contribution in [0.4, 0.5) is 0 Å². The second-order valence-electron chi connectivity index (χ2n) is 9.06. The van der Waals surface area contributed by atoms with E-state index in [0.29, 0.717) is 46.6 Å². The molecule has 0 spiro atoms. The average Bonchev–Trinajstić information content (AvgIpc) is 3.30. The van der Waals surface area contributed by atoms with Crippen LogP contribution in [0.3, 0.4) is 0 Å². The van der Waals surface area contributed by atoms with E-state index in [1.807, 2.05) is 17.0 Å². The van der Waals surface area contributed by atoms with Gasteiger partial charge in [0.2, 0.25) is 0 Å². The second-order valence-corrected chi connectivity index (χ2v) is 11.0. The Bertz CT molecular complexity index is 1620. The molecule has 9 nitrogen and oxygen atoms in total. The van der Waals surface area contributed by atoms with E-state index in [2.05, 4.69) is 20.5 Å². The molecule has 0 aliphatic carbocycles. The SMILES string of the molecule is Cc1c(/C=C/c2[nH]nc3nc(-c4ccc(O)cc4)cc(C(=O)N4CCNCC4)c23)cccc1S(C)(=O)=O. The van der Waals surface area contributed by atoms with Crippen molar-refractivity contribution in [3.05, 3.63) is 70.9 Å². The average molecular weight is 518 g/mol. The predicted octanol–water partition coefficient (Wildman–Crippen LogP) is 3.26. The van der Waals surface area contributed by atoms with Crippen LogP contribution < -0.4 is 5.32 Å². The third-order valence-electron chi connectivity index (χ3n) is 6.50. The molecule has 2 aromatic carbocycles. The van der Waals surface area contributed by atoms with Gasteiger partial charge in [0, 0.05) is 38.0 Å². The number of nitrogens with zero attached hydrogens (tertiary/aromatic N) is 3. The first-order valence-electron chi connectivity index (χ1n) is 11.9. The van der Waals surface area contributed by atoms with Crippen LogP contribution in [-0.4, -0.2) is 71.9 Å². The molecule has 10 heteroatoms. The Labute approximate surface area is 214 Å². The number of fused-ring (bicyclic) bond motifs is 1. The molecule has 1 amide bonds. The molecule has 190 valence electrons. The van der Waals surface area contributed by atoms with Crippen molar-refractivity contribution in [1.82, 2.24) is 25.4 Å². The Morgan fingerprint density at radius 2 is 1.81 bits per heavy atom. The molecule has 0 radical (unpaired) electrons. The van der Waals surface area contributed by atoms with Crippen molar-refractivity contribution in [2.75, 3.05) is 32.4 Å². The number of phenolic OH excluding ortho intramolecular Hbond substituents is 1. The van der Waals surface area contributed by atoms with Crippen molar-refractivity contribution < 1.29 is 18.3 Å². The van der Waals surface area contributed by atoms with Gasteiger partial charge in [-0.05, 0) is 60.5 Å². The molecule has 2 aromatic heterocycles. The number of hydrogen-bond donors (Lipinski definition) is 3. The molecule has 1 fully saturated rings. The summed E-state index contributed by atoms with van der Waals surface area (Å²) < 4.78 is 24.3. The van der Waals surface area contributed by atoms with Crippen LogP contribution in [-0.2, 0) is 9.84 Å². The van der Waals surface area contributed by atoms with Crippen LogP contribution in [0.5, 0.6) is 5.75 Å². The van der Waals surface area contributed by atoms with Gasteiger partial charge in [-0.2, -0.15) is 5.10 Å². The number of aromatic amines is 1. The van der Waals surface area contributed by atoms with E-state index in [0.717, 1.165) is 24.2 Å². The van der Waals surface area contributed by atoms with E-state index in [1.165, 1.54) is 6.26 Å². The molecule has 3 N–H and O–H groups in total. The van der Waals surface area contributed by atoms with Gasteiger partial charge in [-0.15, -0.1) is 0 Å². The molecule has 0 unspecified atom stereocenters. The number of nitrogens with one attached hydrogen (secondary N) is 2. The summed E-state index contributed by atoms with van der Waals surface area (Å²) in [5.41, 5.74) is 4.19. The molecule has 1 aliphatic heterocycles. The minimum absolute atomic E-state index is 0.111. The van der Waals surface area contributed by atoms with E-state index >= 15 is 0 Å². The molecule has 0 bridgehead atoms. The summed E-state index contributed by atoms with van der Waals surface area (Å²) in [4.78, 5) is 20.5. The lowest BCUT2D eigenvalue weighted by molar-refractivity contribution is 0.0737. The molecular formula is C27H27N5O4S. The second kappa shape index (κ2) is 9.79. The van der Waals surface area contributed by atoms with Gasteiger partial charge in [-0.1, -0.05) is 18.2 Å². The number of carbonyl (C=O) groups is 1. The van der Waals surface area contributed by atoms with Crippen molar-refractivity contribution in [3.63, 3.8) is 0 Å². The zero-order chi connectivity index (χ0) is 26.2. The lowest BCUT2D eigenvalue weighted by Gasteiger charge is -2.27. The standard InChI is InChI=1S/C27H27N5O4S/c1-17-18(4-3-5-24(17)37(2,35)36)8-11-22-25-21(27(34)32-14-12-28-13-15-32)16-23(29-26(25)31-30-22)19-6-9-20(33)10-7-19/h3-11,16,28,33H,12-15H2,1-2H3,(H,29,30,31)/b11-8+. The van der Waals surface area contributed by atoms with Crippen LogP contribution in [0.25, 0.3) is 34.4 Å². The quantitative estimate of drug-likeness (QED) is 0.371. The van der Waals surface area contributed by atoms with Gasteiger partial charge in [0.15, 0.2) is 15.5 Å². The van der Waals surface area contributed by atoms with Gasteiger partial charge < -0.3 is 15.3 Å². The Kier molecular flexibility index (Phi) is 6.53. The number of H-pyrrole nitrogens is 1. The van der Waals surface area contributed by atoms with E-state index in [9.17, 15) is 18.3 Å². The number of hydrogen-bond acceptors (Lipinski definition) is 7. The van der Waals surface area contributed by atoms with E-state index in [-0.39, 0.29) is 16.6 Å². The predicted molar refractivity (Wildman–Crippen MR) is 143 cm³/mol. The van der Waals surface area contributed by atoms with Gasteiger partial charge >= 0.3 is 0 Å². The fourth-order valence-corrected chi connectivity index (χ4v) is 5.54. The smallest absolute Gasteiger partial charge is 0.254 e. The highest BCUT2D eigenvalue weighted by Crippen LogP contribution is 2.29. The summed E-state index contributed by atoms with van der Waals surface area (Å²) in [5, 5.41) is 20.9. The van der Waals surface area contributed by atoms with Crippen molar-refractivity contribution in [3.8, 4) is 17.0 Å². The number of pyridine rings is 1. The number of amides is 1. The zero-order valence-electron chi connectivity index (χ0n) is 20.5. The van der Waals surface area contributed by atoms with Crippen LogP contribution >= 0.6 is 0 Å². The molecule has 3 heterocycles. The number of aromatic nitrogens is 3. The maximum Gasteiger partial charge on any atom is 0.254 e. The molecule has 0 saturated carbocycles. The van der Waals surface area contributed by atoms with Crippen molar-refractivity contribution in [2.24, 2.45) is 0 Å². The third-order valence-corrected chi connectivity index (χ3v) is 7.75. The fraction of sp³-hybridized carbons (Fsp3) is 0.222. The summed E-state index contributed by atoms with van der Waals surface area (Å²) >= 11 is 0. The Morgan fingerprint density at radius 3 is 2.51 bits per heavy atom. The molecule has 5 rings (SSSR count). The van der Waals surface area contributed by atoms with Crippen molar-refractivity contribution in [1.29, 1.82) is 0 Å². The molecular weight excluding hydrogens is 490 g/mol. The van der Waals surface area contributed by atoms with Crippen LogP contribution in [0.2, 0.25) is 0 Å². The normalized spacial score (nSPS) is 14.5.